The molecular weight excluding hydrogens is 284 g/mol. The molecule has 8 heteroatoms. The van der Waals surface area contributed by atoms with Gasteiger partial charge in [-0.25, -0.2) is 13.1 Å². The number of sulfonamides is 1. The van der Waals surface area contributed by atoms with E-state index >= 15 is 0 Å². The molecule has 2 heterocycles. The minimum atomic E-state index is -3.48. The van der Waals surface area contributed by atoms with Crippen molar-refractivity contribution in [3.05, 3.63) is 11.4 Å². The monoisotopic (exact) mass is 304 g/mol. The van der Waals surface area contributed by atoms with Crippen LogP contribution in [0.25, 0.3) is 0 Å². The Hall–Kier alpha value is -0.570. The van der Waals surface area contributed by atoms with Crippen LogP contribution in [-0.2, 0) is 16.6 Å². The summed E-state index contributed by atoms with van der Waals surface area (Å²) in [6, 6.07) is 0. The van der Waals surface area contributed by atoms with E-state index in [2.05, 4.69) is 20.2 Å². The summed E-state index contributed by atoms with van der Waals surface area (Å²) in [4.78, 5) is 0.285. The smallest absolute Gasteiger partial charge is 0.244 e. The van der Waals surface area contributed by atoms with Crippen LogP contribution in [-0.4, -0.2) is 43.7 Å². The fourth-order valence-corrected chi connectivity index (χ4v) is 4.92. The van der Waals surface area contributed by atoms with E-state index in [9.17, 15) is 8.42 Å². The molecular formula is C11H20N4O2S2. The zero-order valence-electron chi connectivity index (χ0n) is 11.2. The molecule has 1 atom stereocenters. The highest BCUT2D eigenvalue weighted by atomic mass is 32.2. The van der Waals surface area contributed by atoms with Gasteiger partial charge in [0.1, 0.15) is 4.90 Å². The third-order valence-corrected chi connectivity index (χ3v) is 6.02. The van der Waals surface area contributed by atoms with Gasteiger partial charge < -0.3 is 5.32 Å². The Morgan fingerprint density at radius 2 is 2.32 bits per heavy atom. The first-order chi connectivity index (χ1) is 9.04. The Kier molecular flexibility index (Phi) is 4.88. The minimum Gasteiger partial charge on any atom is -0.314 e. The van der Waals surface area contributed by atoms with Crippen molar-refractivity contribution in [1.82, 2.24) is 20.2 Å². The third-order valence-electron chi connectivity index (χ3n) is 3.16. The van der Waals surface area contributed by atoms with Gasteiger partial charge in [0.15, 0.2) is 0 Å². The first-order valence-electron chi connectivity index (χ1n) is 6.30. The fraction of sp³-hybridized carbons (Fsp3) is 0.727. The second-order valence-corrected chi connectivity index (χ2v) is 7.59. The summed E-state index contributed by atoms with van der Waals surface area (Å²) in [7, 11) is -1.71. The van der Waals surface area contributed by atoms with Crippen LogP contribution in [0.3, 0.4) is 0 Å². The van der Waals surface area contributed by atoms with Gasteiger partial charge in [-0.1, -0.05) is 0 Å². The highest BCUT2D eigenvalue weighted by Gasteiger charge is 2.25. The lowest BCUT2D eigenvalue weighted by atomic mass is 10.1. The number of H-pyrrole nitrogens is 1. The average molecular weight is 304 g/mol. The van der Waals surface area contributed by atoms with Crippen LogP contribution in [0.15, 0.2) is 4.90 Å². The predicted octanol–water partition coefficient (Wildman–Crippen LogP) is 0.469. The maximum atomic E-state index is 12.4. The molecule has 0 radical (unpaired) electrons. The summed E-state index contributed by atoms with van der Waals surface area (Å²) in [5.41, 5.74) is 1.12. The predicted molar refractivity (Wildman–Crippen MR) is 76.7 cm³/mol. The molecule has 1 unspecified atom stereocenters. The van der Waals surface area contributed by atoms with Crippen molar-refractivity contribution in [2.75, 3.05) is 25.1 Å². The molecule has 0 amide bonds. The molecule has 1 saturated heterocycles. The van der Waals surface area contributed by atoms with Crippen molar-refractivity contribution in [3.8, 4) is 0 Å². The zero-order valence-corrected chi connectivity index (χ0v) is 12.8. The number of nitrogens with zero attached hydrogens (tertiary/aromatic N) is 1. The number of aryl methyl sites for hydroxylation is 1. The number of thioether (sulfide) groups is 1. The summed E-state index contributed by atoms with van der Waals surface area (Å²) in [6.45, 7) is 2.67. The van der Waals surface area contributed by atoms with Gasteiger partial charge >= 0.3 is 0 Å². The highest BCUT2D eigenvalue weighted by Crippen LogP contribution is 2.23. The first kappa shape index (κ1) is 14.8. The van der Waals surface area contributed by atoms with Crippen LogP contribution < -0.4 is 10.0 Å². The highest BCUT2D eigenvalue weighted by molar-refractivity contribution is 7.99. The molecule has 6 nitrogen and oxygen atoms in total. The maximum absolute atomic E-state index is 12.4. The van der Waals surface area contributed by atoms with E-state index in [-0.39, 0.29) is 4.90 Å². The number of hydrogen-bond donors (Lipinski definition) is 3. The quantitative estimate of drug-likeness (QED) is 0.711. The molecule has 19 heavy (non-hydrogen) atoms. The topological polar surface area (TPSA) is 86.9 Å². The molecule has 1 aromatic rings. The Bertz CT molecular complexity index is 521. The van der Waals surface area contributed by atoms with E-state index in [1.54, 1.807) is 14.0 Å². The summed E-state index contributed by atoms with van der Waals surface area (Å²) >= 11 is 1.88. The van der Waals surface area contributed by atoms with E-state index in [1.165, 1.54) is 0 Å². The molecule has 1 aliphatic rings. The lowest BCUT2D eigenvalue weighted by Gasteiger charge is -2.11. The first-order valence-corrected chi connectivity index (χ1v) is 8.94. The molecule has 3 N–H and O–H groups in total. The Labute approximate surface area is 118 Å². The largest absolute Gasteiger partial charge is 0.314 e. The van der Waals surface area contributed by atoms with Gasteiger partial charge in [0.2, 0.25) is 10.0 Å². The van der Waals surface area contributed by atoms with Crippen LogP contribution in [0, 0.1) is 12.8 Å². The van der Waals surface area contributed by atoms with E-state index in [0.717, 1.165) is 17.9 Å². The fourth-order valence-electron chi connectivity index (χ4n) is 2.16. The van der Waals surface area contributed by atoms with Crippen molar-refractivity contribution < 1.29 is 8.42 Å². The summed E-state index contributed by atoms with van der Waals surface area (Å²) < 4.78 is 27.4. The second kappa shape index (κ2) is 6.25. The van der Waals surface area contributed by atoms with Crippen LogP contribution >= 0.6 is 11.8 Å². The number of nitrogens with one attached hydrogen (secondary N) is 3. The normalized spacial score (nSPS) is 20.0. The average Bonchev–Trinajstić information content (AvgIpc) is 2.97. The molecule has 0 spiro atoms. The van der Waals surface area contributed by atoms with E-state index in [0.29, 0.717) is 30.4 Å². The van der Waals surface area contributed by atoms with Crippen LogP contribution in [0.1, 0.15) is 17.8 Å². The number of aromatic nitrogens is 2. The standard InChI is InChI=1S/C11H20N4O2S2/c1-8-11(10(6-12-2)15-14-8)19(16,17)13-5-9-3-4-18-7-9/h9,12-13H,3-7H2,1-2H3,(H,14,15). The molecule has 2 rings (SSSR count). The Morgan fingerprint density at radius 1 is 1.53 bits per heavy atom. The van der Waals surface area contributed by atoms with Crippen LogP contribution in [0.5, 0.6) is 0 Å². The molecule has 1 aliphatic heterocycles. The molecule has 0 saturated carbocycles. The minimum absolute atomic E-state index is 0.285. The second-order valence-electron chi connectivity index (χ2n) is 4.74. The van der Waals surface area contributed by atoms with Crippen molar-refractivity contribution in [3.63, 3.8) is 0 Å². The van der Waals surface area contributed by atoms with Gasteiger partial charge in [-0.15, -0.1) is 0 Å². The van der Waals surface area contributed by atoms with Gasteiger partial charge in [0.25, 0.3) is 0 Å². The van der Waals surface area contributed by atoms with Crippen molar-refractivity contribution in [2.24, 2.45) is 5.92 Å². The van der Waals surface area contributed by atoms with E-state index < -0.39 is 10.0 Å². The van der Waals surface area contributed by atoms with Gasteiger partial charge in [-0.3, -0.25) is 5.10 Å². The molecule has 1 aromatic heterocycles. The molecule has 1 fully saturated rings. The Morgan fingerprint density at radius 3 is 2.95 bits per heavy atom. The summed E-state index contributed by atoms with van der Waals surface area (Å²) in [5.74, 6) is 2.61. The van der Waals surface area contributed by atoms with E-state index in [4.69, 9.17) is 0 Å². The van der Waals surface area contributed by atoms with Gasteiger partial charge in [0, 0.05) is 13.1 Å². The Balaban J connectivity index is 2.11. The molecule has 0 aliphatic carbocycles. The van der Waals surface area contributed by atoms with Crippen LogP contribution in [0.2, 0.25) is 0 Å². The summed E-state index contributed by atoms with van der Waals surface area (Å²) in [5, 5.41) is 9.71. The van der Waals surface area contributed by atoms with Gasteiger partial charge in [0.05, 0.1) is 11.4 Å². The molecule has 0 aromatic carbocycles. The third kappa shape index (κ3) is 3.50. The molecule has 0 bridgehead atoms. The van der Waals surface area contributed by atoms with Crippen molar-refractivity contribution in [1.29, 1.82) is 0 Å². The lowest BCUT2D eigenvalue weighted by molar-refractivity contribution is 0.544. The van der Waals surface area contributed by atoms with Crippen molar-refractivity contribution >= 4 is 21.8 Å². The van der Waals surface area contributed by atoms with Gasteiger partial charge in [-0.05, 0) is 37.8 Å². The number of aromatic amines is 1. The molecule has 108 valence electrons. The summed E-state index contributed by atoms with van der Waals surface area (Å²) in [6.07, 6.45) is 1.08. The van der Waals surface area contributed by atoms with Gasteiger partial charge in [-0.2, -0.15) is 16.9 Å². The maximum Gasteiger partial charge on any atom is 0.244 e. The number of hydrogen-bond acceptors (Lipinski definition) is 5. The van der Waals surface area contributed by atoms with E-state index in [1.807, 2.05) is 11.8 Å². The van der Waals surface area contributed by atoms with Crippen LogP contribution in [0.4, 0.5) is 0 Å². The van der Waals surface area contributed by atoms with Crippen molar-refractivity contribution in [2.45, 2.75) is 24.8 Å². The number of rotatable bonds is 6. The SMILES string of the molecule is CNCc1n[nH]c(C)c1S(=O)(=O)NCC1CCSC1. The lowest BCUT2D eigenvalue weighted by Crippen LogP contribution is -2.30. The zero-order chi connectivity index (χ0) is 13.9.